The summed E-state index contributed by atoms with van der Waals surface area (Å²) in [5.74, 6) is -0.104. The van der Waals surface area contributed by atoms with E-state index in [4.69, 9.17) is 18.9 Å². The maximum atomic E-state index is 12.1. The van der Waals surface area contributed by atoms with Crippen molar-refractivity contribution in [2.75, 3.05) is 52.7 Å². The van der Waals surface area contributed by atoms with E-state index in [1.807, 2.05) is 32.0 Å². The van der Waals surface area contributed by atoms with E-state index >= 15 is 0 Å². The number of ether oxygens (including phenoxy) is 4. The summed E-state index contributed by atoms with van der Waals surface area (Å²) in [4.78, 5) is 26.5. The van der Waals surface area contributed by atoms with Gasteiger partial charge in [0.25, 0.3) is 0 Å². The maximum absolute atomic E-state index is 12.1. The van der Waals surface area contributed by atoms with Crippen LogP contribution in [0.15, 0.2) is 30.3 Å². The SMILES string of the molecule is CCOCCCC(=O)OC[C@@H]1CN(Cc2ccccc2)C[C@@H]1COC(=O)CCCOCC. The minimum atomic E-state index is -0.196. The lowest BCUT2D eigenvalue weighted by atomic mass is 9.98. The van der Waals surface area contributed by atoms with Crippen LogP contribution in [0.5, 0.6) is 0 Å². The van der Waals surface area contributed by atoms with E-state index < -0.39 is 0 Å². The number of benzene rings is 1. The molecule has 2 atom stereocenters. The van der Waals surface area contributed by atoms with Crippen molar-refractivity contribution in [3.05, 3.63) is 35.9 Å². The van der Waals surface area contributed by atoms with Crippen LogP contribution >= 0.6 is 0 Å². The third kappa shape index (κ3) is 10.6. The molecule has 0 aromatic heterocycles. The highest BCUT2D eigenvalue weighted by Crippen LogP contribution is 2.26. The lowest BCUT2D eigenvalue weighted by Gasteiger charge is -2.18. The molecule has 1 aliphatic heterocycles. The Hall–Kier alpha value is -1.96. The Labute approximate surface area is 192 Å². The van der Waals surface area contributed by atoms with Gasteiger partial charge in [-0.05, 0) is 32.3 Å². The number of esters is 2. The van der Waals surface area contributed by atoms with Crippen LogP contribution in [0.1, 0.15) is 45.1 Å². The fourth-order valence-corrected chi connectivity index (χ4v) is 3.85. The number of rotatable bonds is 16. The van der Waals surface area contributed by atoms with Crippen molar-refractivity contribution >= 4 is 11.9 Å². The lowest BCUT2D eigenvalue weighted by molar-refractivity contribution is -0.149. The highest BCUT2D eigenvalue weighted by Gasteiger charge is 2.34. The molecule has 0 bridgehead atoms. The number of nitrogens with zero attached hydrogens (tertiary/aromatic N) is 1. The van der Waals surface area contributed by atoms with Gasteiger partial charge in [-0.1, -0.05) is 30.3 Å². The third-order valence-electron chi connectivity index (χ3n) is 5.57. The first-order chi connectivity index (χ1) is 15.6. The molecule has 7 nitrogen and oxygen atoms in total. The largest absolute Gasteiger partial charge is 0.465 e. The summed E-state index contributed by atoms with van der Waals surface area (Å²) < 4.78 is 21.7. The molecule has 1 aromatic carbocycles. The fourth-order valence-electron chi connectivity index (χ4n) is 3.85. The molecule has 32 heavy (non-hydrogen) atoms. The van der Waals surface area contributed by atoms with Gasteiger partial charge in [0.2, 0.25) is 0 Å². The number of hydrogen-bond donors (Lipinski definition) is 0. The summed E-state index contributed by atoms with van der Waals surface area (Å²) in [7, 11) is 0. The van der Waals surface area contributed by atoms with Gasteiger partial charge in [-0.25, -0.2) is 0 Å². The molecule has 0 N–H and O–H groups in total. The summed E-state index contributed by atoms with van der Waals surface area (Å²) in [5.41, 5.74) is 1.24. The van der Waals surface area contributed by atoms with Crippen molar-refractivity contribution < 1.29 is 28.5 Å². The van der Waals surface area contributed by atoms with E-state index in [-0.39, 0.29) is 23.8 Å². The van der Waals surface area contributed by atoms with Crippen LogP contribution in [0.3, 0.4) is 0 Å². The molecule has 0 aliphatic carbocycles. The highest BCUT2D eigenvalue weighted by atomic mass is 16.5. The van der Waals surface area contributed by atoms with E-state index in [0.717, 1.165) is 19.6 Å². The molecular formula is C25H39NO6. The van der Waals surface area contributed by atoms with Crippen LogP contribution in [0.25, 0.3) is 0 Å². The Morgan fingerprint density at radius 2 is 1.34 bits per heavy atom. The molecule has 1 aliphatic rings. The van der Waals surface area contributed by atoms with Gasteiger partial charge in [0.1, 0.15) is 0 Å². The van der Waals surface area contributed by atoms with E-state index in [2.05, 4.69) is 17.0 Å². The van der Waals surface area contributed by atoms with Crippen LogP contribution in [0, 0.1) is 11.8 Å². The zero-order valence-corrected chi connectivity index (χ0v) is 19.6. The third-order valence-corrected chi connectivity index (χ3v) is 5.57. The quantitative estimate of drug-likeness (QED) is 0.283. The molecule has 0 saturated carbocycles. The van der Waals surface area contributed by atoms with Crippen LogP contribution in [0.4, 0.5) is 0 Å². The van der Waals surface area contributed by atoms with Gasteiger partial charge in [-0.15, -0.1) is 0 Å². The minimum Gasteiger partial charge on any atom is -0.465 e. The maximum Gasteiger partial charge on any atom is 0.305 e. The Bertz CT molecular complexity index is 617. The Morgan fingerprint density at radius 3 is 1.81 bits per heavy atom. The van der Waals surface area contributed by atoms with Crippen LogP contribution in [0.2, 0.25) is 0 Å². The topological polar surface area (TPSA) is 74.3 Å². The van der Waals surface area contributed by atoms with E-state index in [1.54, 1.807) is 0 Å². The minimum absolute atomic E-state index is 0.144. The van der Waals surface area contributed by atoms with Gasteiger partial charge >= 0.3 is 11.9 Å². The Morgan fingerprint density at radius 1 is 0.844 bits per heavy atom. The second-order valence-electron chi connectivity index (χ2n) is 8.17. The molecule has 0 radical (unpaired) electrons. The van der Waals surface area contributed by atoms with Crippen LogP contribution in [-0.2, 0) is 35.1 Å². The van der Waals surface area contributed by atoms with Crippen molar-refractivity contribution in [1.82, 2.24) is 4.90 Å². The molecule has 0 amide bonds. The Balaban J connectivity index is 1.81. The summed E-state index contributed by atoms with van der Waals surface area (Å²) in [6, 6.07) is 10.3. The van der Waals surface area contributed by atoms with Gasteiger partial charge in [-0.2, -0.15) is 0 Å². The Kier molecular flexibility index (Phi) is 13.0. The normalized spacial score (nSPS) is 18.6. The second kappa shape index (κ2) is 15.8. The average molecular weight is 450 g/mol. The predicted molar refractivity (Wildman–Crippen MR) is 122 cm³/mol. The molecule has 1 saturated heterocycles. The molecule has 1 aromatic rings. The average Bonchev–Trinajstić information content (AvgIpc) is 3.19. The van der Waals surface area contributed by atoms with Gasteiger partial charge in [0.15, 0.2) is 0 Å². The standard InChI is InChI=1S/C25H39NO6/c1-3-29-14-8-12-24(27)31-19-22-17-26(16-21-10-6-5-7-11-21)18-23(22)20-32-25(28)13-9-15-30-4-2/h5-7,10-11,22-23H,3-4,8-9,12-20H2,1-2H3/t22-,23+. The molecule has 0 unspecified atom stereocenters. The van der Waals surface area contributed by atoms with Crippen molar-refractivity contribution in [1.29, 1.82) is 0 Å². The predicted octanol–water partition coefficient (Wildman–Crippen LogP) is 3.45. The molecule has 1 fully saturated rings. The molecule has 7 heteroatoms. The van der Waals surface area contributed by atoms with Crippen LogP contribution < -0.4 is 0 Å². The zero-order valence-electron chi connectivity index (χ0n) is 19.6. The monoisotopic (exact) mass is 449 g/mol. The summed E-state index contributed by atoms with van der Waals surface area (Å²) in [6.07, 6.45) is 2.06. The molecule has 1 heterocycles. The zero-order chi connectivity index (χ0) is 23.0. The fraction of sp³-hybridized carbons (Fsp3) is 0.680. The van der Waals surface area contributed by atoms with E-state index in [1.165, 1.54) is 5.56 Å². The van der Waals surface area contributed by atoms with Crippen molar-refractivity contribution in [2.45, 2.75) is 46.1 Å². The van der Waals surface area contributed by atoms with Crippen molar-refractivity contribution in [2.24, 2.45) is 11.8 Å². The van der Waals surface area contributed by atoms with E-state index in [9.17, 15) is 9.59 Å². The van der Waals surface area contributed by atoms with E-state index in [0.29, 0.717) is 65.3 Å². The van der Waals surface area contributed by atoms with Gasteiger partial charge < -0.3 is 18.9 Å². The first kappa shape index (κ1) is 26.3. The smallest absolute Gasteiger partial charge is 0.305 e. The lowest BCUT2D eigenvalue weighted by Crippen LogP contribution is -2.25. The first-order valence-electron chi connectivity index (χ1n) is 11.8. The number of carbonyl (C=O) groups excluding carboxylic acids is 2. The highest BCUT2D eigenvalue weighted by molar-refractivity contribution is 5.69. The van der Waals surface area contributed by atoms with Crippen molar-refractivity contribution in [3.8, 4) is 0 Å². The molecule has 2 rings (SSSR count). The number of hydrogen-bond acceptors (Lipinski definition) is 7. The van der Waals surface area contributed by atoms with Crippen molar-refractivity contribution in [3.63, 3.8) is 0 Å². The molecule has 180 valence electrons. The van der Waals surface area contributed by atoms with Gasteiger partial charge in [-0.3, -0.25) is 14.5 Å². The summed E-state index contributed by atoms with van der Waals surface area (Å²) in [5, 5.41) is 0. The number of carbonyl (C=O) groups is 2. The van der Waals surface area contributed by atoms with Gasteiger partial charge in [0, 0.05) is 70.7 Å². The number of likely N-dealkylation sites (tertiary alicyclic amines) is 1. The second-order valence-corrected chi connectivity index (χ2v) is 8.17. The summed E-state index contributed by atoms with van der Waals surface area (Å²) >= 11 is 0. The first-order valence-corrected chi connectivity index (χ1v) is 11.8. The summed E-state index contributed by atoms with van der Waals surface area (Å²) in [6.45, 7) is 9.48. The van der Waals surface area contributed by atoms with Crippen LogP contribution in [-0.4, -0.2) is 69.6 Å². The molecule has 0 spiro atoms. The molecular weight excluding hydrogens is 410 g/mol. The van der Waals surface area contributed by atoms with Gasteiger partial charge in [0.05, 0.1) is 13.2 Å².